The number of hydrogen-bond acceptors (Lipinski definition) is 4. The van der Waals surface area contributed by atoms with E-state index >= 15 is 0 Å². The number of aromatic amines is 1. The molecule has 0 radical (unpaired) electrons. The summed E-state index contributed by atoms with van der Waals surface area (Å²) in [6.45, 7) is 1.60. The fraction of sp³-hybridized carbons (Fsp3) is 0.444. The number of carboxylic acid groups (broad SMARTS) is 1. The van der Waals surface area contributed by atoms with Crippen LogP contribution in [-0.4, -0.2) is 52.8 Å². The quantitative estimate of drug-likeness (QED) is 0.478. The Morgan fingerprint density at radius 1 is 1.71 bits per heavy atom. The van der Waals surface area contributed by atoms with Gasteiger partial charge in [0, 0.05) is 0 Å². The molecular formula is C9H13BN3O3P. The summed E-state index contributed by atoms with van der Waals surface area (Å²) in [5, 5.41) is 11.7. The van der Waals surface area contributed by atoms with E-state index in [2.05, 4.69) is 15.3 Å². The number of H-pyrrole nitrogens is 1. The summed E-state index contributed by atoms with van der Waals surface area (Å²) in [7, 11) is 4.27. The predicted molar refractivity (Wildman–Crippen MR) is 65.3 cm³/mol. The van der Waals surface area contributed by atoms with Crippen molar-refractivity contribution in [3.63, 3.8) is 0 Å². The maximum atomic E-state index is 11.3. The van der Waals surface area contributed by atoms with Crippen molar-refractivity contribution in [3.05, 3.63) is 18.2 Å². The molecule has 0 aliphatic heterocycles. The van der Waals surface area contributed by atoms with Crippen LogP contribution in [0.15, 0.2) is 12.5 Å². The first-order chi connectivity index (χ1) is 8.00. The van der Waals surface area contributed by atoms with Gasteiger partial charge in [-0.1, -0.05) is 0 Å². The molecule has 1 aromatic heterocycles. The van der Waals surface area contributed by atoms with Crippen molar-refractivity contribution in [3.8, 4) is 0 Å². The zero-order valence-corrected chi connectivity index (χ0v) is 10.3. The fourth-order valence-corrected chi connectivity index (χ4v) is 1.54. The van der Waals surface area contributed by atoms with Crippen LogP contribution >= 0.6 is 7.24 Å². The van der Waals surface area contributed by atoms with Crippen LogP contribution in [0.5, 0.6) is 0 Å². The second kappa shape index (κ2) is 6.42. The van der Waals surface area contributed by atoms with E-state index in [4.69, 9.17) is 12.1 Å². The van der Waals surface area contributed by atoms with Gasteiger partial charge in [0.15, 0.2) is 0 Å². The van der Waals surface area contributed by atoms with E-state index in [1.54, 1.807) is 12.9 Å². The third-order valence-corrected chi connectivity index (χ3v) is 3.11. The Labute approximate surface area is 100 Å². The van der Waals surface area contributed by atoms with Gasteiger partial charge in [-0.25, -0.2) is 0 Å². The number of nitrogens with zero attached hydrogens (tertiary/aromatic N) is 1. The maximum absolute atomic E-state index is 11.3. The molecule has 0 spiro atoms. The topological polar surface area (TPSA) is 95.1 Å². The minimum absolute atomic E-state index is 0.0240. The number of carboxylic acids is 1. The standard InChI is InChI=1S/C9H13BN3O3P/c1-17(10)8(14)4-12-7(9(15)16)2-6-3-11-5-13-6/h3,5,7,12H,2,4H2,1H3,(H,11,13)(H,15,16)/t7-/m0/s1. The molecule has 1 unspecified atom stereocenters. The number of rotatable bonds is 6. The van der Waals surface area contributed by atoms with E-state index in [0.717, 1.165) is 0 Å². The zero-order valence-electron chi connectivity index (χ0n) is 9.38. The number of hydrogen-bond donors (Lipinski definition) is 3. The summed E-state index contributed by atoms with van der Waals surface area (Å²) < 4.78 is 0. The van der Waals surface area contributed by atoms with Gasteiger partial charge in [0.1, 0.15) is 0 Å². The first-order valence-corrected chi connectivity index (χ1v) is 6.81. The van der Waals surface area contributed by atoms with Crippen LogP contribution in [0.1, 0.15) is 5.69 Å². The van der Waals surface area contributed by atoms with E-state index in [0.29, 0.717) is 5.69 Å². The molecule has 2 atom stereocenters. The van der Waals surface area contributed by atoms with Crippen LogP contribution in [0.4, 0.5) is 0 Å². The van der Waals surface area contributed by atoms with E-state index in [1.165, 1.54) is 6.33 Å². The number of aromatic nitrogens is 2. The molecule has 17 heavy (non-hydrogen) atoms. The number of nitrogens with one attached hydrogen (secondary N) is 2. The van der Waals surface area contributed by atoms with Gasteiger partial charge in [-0.2, -0.15) is 0 Å². The minimum atomic E-state index is -1.18. The number of imidazole rings is 1. The van der Waals surface area contributed by atoms with E-state index in [9.17, 15) is 9.59 Å². The van der Waals surface area contributed by atoms with E-state index in [1.807, 2.05) is 0 Å². The molecule has 0 aliphatic carbocycles. The van der Waals surface area contributed by atoms with Crippen molar-refractivity contribution in [2.45, 2.75) is 12.5 Å². The molecule has 0 saturated carbocycles. The monoisotopic (exact) mass is 253 g/mol. The second-order valence-corrected chi connectivity index (χ2v) is 5.28. The summed E-state index contributed by atoms with van der Waals surface area (Å²) >= 11 is 0. The average Bonchev–Trinajstić information content (AvgIpc) is 2.75. The van der Waals surface area contributed by atoms with Gasteiger partial charge < -0.3 is 0 Å². The van der Waals surface area contributed by atoms with Crippen molar-refractivity contribution >= 4 is 25.7 Å². The van der Waals surface area contributed by atoms with Crippen LogP contribution in [-0.2, 0) is 16.0 Å². The predicted octanol–water partition coefficient (Wildman–Crippen LogP) is -0.283. The second-order valence-electron chi connectivity index (χ2n) is 3.56. The van der Waals surface area contributed by atoms with E-state index < -0.39 is 19.2 Å². The third kappa shape index (κ3) is 4.59. The first-order valence-electron chi connectivity index (χ1n) is 4.95. The van der Waals surface area contributed by atoms with Gasteiger partial charge in [-0.3, -0.25) is 0 Å². The van der Waals surface area contributed by atoms with Gasteiger partial charge in [0.2, 0.25) is 0 Å². The van der Waals surface area contributed by atoms with Crippen molar-refractivity contribution in [2.75, 3.05) is 13.2 Å². The Morgan fingerprint density at radius 2 is 2.41 bits per heavy atom. The molecular weight excluding hydrogens is 240 g/mol. The molecule has 1 heterocycles. The summed E-state index contributed by atoms with van der Waals surface area (Å²) in [6.07, 6.45) is 3.27. The van der Waals surface area contributed by atoms with Crippen LogP contribution < -0.4 is 5.32 Å². The van der Waals surface area contributed by atoms with Crippen molar-refractivity contribution < 1.29 is 14.7 Å². The van der Waals surface area contributed by atoms with Gasteiger partial charge >= 0.3 is 99.6 Å². The third-order valence-electron chi connectivity index (χ3n) is 2.17. The molecule has 6 nitrogen and oxygen atoms in total. The Kier molecular flexibility index (Phi) is 5.19. The molecule has 90 valence electrons. The molecule has 0 saturated heterocycles. The van der Waals surface area contributed by atoms with Crippen LogP contribution in [0.3, 0.4) is 0 Å². The van der Waals surface area contributed by atoms with Crippen molar-refractivity contribution in [1.82, 2.24) is 15.3 Å². The Bertz CT molecular complexity index is 466. The number of carbonyl (C=O) groups excluding carboxylic acids is 1. The van der Waals surface area contributed by atoms with Gasteiger partial charge in [0.05, 0.1) is 0 Å². The SMILES string of the molecule is B#P(C)C(=O)CN[C@@H](Cc1cnc[nH]1)C(=O)O. The Balaban J connectivity index is 2.53. The first kappa shape index (κ1) is 13.7. The van der Waals surface area contributed by atoms with Crippen molar-refractivity contribution in [2.24, 2.45) is 0 Å². The Hall–Kier alpha value is -1.33. The summed E-state index contributed by atoms with van der Waals surface area (Å²) in [4.78, 5) is 28.9. The van der Waals surface area contributed by atoms with Crippen molar-refractivity contribution in [1.29, 1.82) is 0 Å². The molecule has 1 aromatic rings. The van der Waals surface area contributed by atoms with Crippen LogP contribution in [0.2, 0.25) is 0 Å². The molecule has 8 heteroatoms. The van der Waals surface area contributed by atoms with Crippen LogP contribution in [0, 0.1) is 0 Å². The van der Waals surface area contributed by atoms with Gasteiger partial charge in [-0.05, 0) is 0 Å². The Morgan fingerprint density at radius 3 is 2.88 bits per heavy atom. The molecule has 0 aromatic carbocycles. The molecule has 0 amide bonds. The average molecular weight is 253 g/mol. The molecule has 1 rings (SSSR count). The van der Waals surface area contributed by atoms with Gasteiger partial charge in [0.25, 0.3) is 0 Å². The summed E-state index contributed by atoms with van der Waals surface area (Å²) in [5.74, 6) is -1.01. The summed E-state index contributed by atoms with van der Waals surface area (Å²) in [6, 6.07) is -0.825. The molecule has 0 aliphatic rings. The number of aliphatic carboxylic acids is 1. The fourth-order valence-electron chi connectivity index (χ4n) is 1.20. The van der Waals surface area contributed by atoms with Gasteiger partial charge in [-0.15, -0.1) is 0 Å². The van der Waals surface area contributed by atoms with Crippen LogP contribution in [0.25, 0.3) is 0 Å². The molecule has 3 N–H and O–H groups in total. The number of carbonyl (C=O) groups is 2. The molecule has 0 fully saturated rings. The van der Waals surface area contributed by atoms with E-state index in [-0.39, 0.29) is 18.5 Å². The molecule has 0 bridgehead atoms. The zero-order chi connectivity index (χ0) is 12.8. The normalized spacial score (nSPS) is 13.2. The summed E-state index contributed by atoms with van der Waals surface area (Å²) in [5.41, 5.74) is 0.541.